The van der Waals surface area contributed by atoms with Crippen molar-refractivity contribution in [2.45, 2.75) is 57.6 Å². The summed E-state index contributed by atoms with van der Waals surface area (Å²) in [7, 11) is 0. The maximum atomic E-state index is 12.6. The number of fused-ring (bicyclic) bond motifs is 3. The summed E-state index contributed by atoms with van der Waals surface area (Å²) in [6, 6.07) is 1.60. The first-order valence-corrected chi connectivity index (χ1v) is 12.7. The lowest BCUT2D eigenvalue weighted by molar-refractivity contribution is -0.113. The van der Waals surface area contributed by atoms with E-state index in [-0.39, 0.29) is 17.2 Å². The highest BCUT2D eigenvalue weighted by Crippen LogP contribution is 2.28. The van der Waals surface area contributed by atoms with Crippen LogP contribution in [0.4, 0.5) is 5.13 Å². The van der Waals surface area contributed by atoms with Crippen molar-refractivity contribution >= 4 is 50.4 Å². The van der Waals surface area contributed by atoms with Gasteiger partial charge < -0.3 is 0 Å². The molecular weight excluding hydrogens is 426 g/mol. The molecule has 0 fully saturated rings. The fourth-order valence-electron chi connectivity index (χ4n) is 3.35. The first-order chi connectivity index (χ1) is 14.1. The van der Waals surface area contributed by atoms with E-state index in [4.69, 9.17) is 0 Å². The predicted molar refractivity (Wildman–Crippen MR) is 119 cm³/mol. The molecule has 7 nitrogen and oxygen atoms in total. The van der Waals surface area contributed by atoms with Gasteiger partial charge in [0.05, 0.1) is 11.4 Å². The fourth-order valence-corrected chi connectivity index (χ4v) is 6.10. The molecule has 10 heteroatoms. The van der Waals surface area contributed by atoms with Crippen LogP contribution in [0.1, 0.15) is 53.9 Å². The molecule has 4 rings (SSSR count). The van der Waals surface area contributed by atoms with Gasteiger partial charge in [-0.2, -0.15) is 0 Å². The summed E-state index contributed by atoms with van der Waals surface area (Å²) < 4.78 is 1.77. The van der Waals surface area contributed by atoms with Crippen molar-refractivity contribution in [2.75, 3.05) is 11.1 Å². The molecule has 0 aromatic carbocycles. The highest BCUT2D eigenvalue weighted by molar-refractivity contribution is 7.99. The van der Waals surface area contributed by atoms with E-state index in [0.29, 0.717) is 10.9 Å². The first kappa shape index (κ1) is 20.5. The van der Waals surface area contributed by atoms with Crippen LogP contribution < -0.4 is 10.9 Å². The van der Waals surface area contributed by atoms with Crippen molar-refractivity contribution in [3.63, 3.8) is 0 Å². The number of unbranched alkanes of at least 4 members (excludes halogenated alkanes) is 1. The minimum atomic E-state index is -0.113. The molecule has 3 heterocycles. The molecule has 0 spiro atoms. The van der Waals surface area contributed by atoms with Gasteiger partial charge in [0, 0.05) is 28.8 Å². The van der Waals surface area contributed by atoms with Crippen LogP contribution in [-0.4, -0.2) is 31.2 Å². The molecule has 0 saturated heterocycles. The van der Waals surface area contributed by atoms with Crippen LogP contribution >= 0.6 is 34.4 Å². The Balaban J connectivity index is 1.33. The Hall–Kier alpha value is -1.78. The van der Waals surface area contributed by atoms with Crippen molar-refractivity contribution in [2.24, 2.45) is 0 Å². The molecule has 3 aromatic rings. The Morgan fingerprint density at radius 3 is 3.00 bits per heavy atom. The van der Waals surface area contributed by atoms with Gasteiger partial charge >= 0.3 is 0 Å². The molecule has 29 heavy (non-hydrogen) atoms. The number of nitrogens with zero attached hydrogens (tertiary/aromatic N) is 4. The van der Waals surface area contributed by atoms with Crippen LogP contribution in [0.5, 0.6) is 0 Å². The van der Waals surface area contributed by atoms with Crippen LogP contribution in [0, 0.1) is 0 Å². The van der Waals surface area contributed by atoms with E-state index in [9.17, 15) is 9.59 Å². The quantitative estimate of drug-likeness (QED) is 0.564. The molecule has 0 radical (unpaired) electrons. The molecule has 154 valence electrons. The molecule has 0 bridgehead atoms. The number of thioether (sulfide) groups is 1. The van der Waals surface area contributed by atoms with E-state index in [1.165, 1.54) is 34.4 Å². The van der Waals surface area contributed by atoms with Crippen molar-refractivity contribution in [1.29, 1.82) is 0 Å². The zero-order chi connectivity index (χ0) is 20.2. The second-order valence-corrected chi connectivity index (χ2v) is 10.1. The largest absolute Gasteiger partial charge is 0.300 e. The Morgan fingerprint density at radius 2 is 2.14 bits per heavy atom. The molecule has 3 aromatic heterocycles. The number of aromatic nitrogens is 4. The third-order valence-electron chi connectivity index (χ3n) is 4.76. The van der Waals surface area contributed by atoms with E-state index < -0.39 is 0 Å². The van der Waals surface area contributed by atoms with Crippen molar-refractivity contribution < 1.29 is 4.79 Å². The summed E-state index contributed by atoms with van der Waals surface area (Å²) in [5.74, 6) is 0.698. The van der Waals surface area contributed by atoms with E-state index in [1.807, 2.05) is 0 Å². The average molecular weight is 450 g/mol. The number of aryl methyl sites for hydroxylation is 3. The highest BCUT2D eigenvalue weighted by Gasteiger charge is 2.18. The van der Waals surface area contributed by atoms with Crippen molar-refractivity contribution in [3.05, 3.63) is 37.7 Å². The number of carbonyl (C=O) groups excluding carboxylic acids is 1. The third-order valence-corrected chi connectivity index (χ3v) is 7.76. The smallest absolute Gasteiger partial charge is 0.259 e. The SMILES string of the molecule is CCCCc1nnc(NC(=O)CSCc2cc(=O)n3c4c(sc3n2)CCCC4)s1. The van der Waals surface area contributed by atoms with Gasteiger partial charge in [-0.15, -0.1) is 33.3 Å². The summed E-state index contributed by atoms with van der Waals surface area (Å²) in [4.78, 5) is 31.5. The average Bonchev–Trinajstić information content (AvgIpc) is 3.30. The standard InChI is InChI=1S/C19H23N5O2S3/c1-2-3-8-16-22-23-18(29-16)21-15(25)11-27-10-12-9-17(26)24-13-6-4-5-7-14(13)28-19(24)20-12/h9H,2-8,10-11H2,1H3,(H,21,23,25). The molecule has 0 unspecified atom stereocenters. The van der Waals surface area contributed by atoms with E-state index >= 15 is 0 Å². The Kier molecular flexibility index (Phi) is 6.61. The zero-order valence-electron chi connectivity index (χ0n) is 16.3. The van der Waals surface area contributed by atoms with Gasteiger partial charge in [-0.25, -0.2) is 4.98 Å². The summed E-state index contributed by atoms with van der Waals surface area (Å²) >= 11 is 4.50. The van der Waals surface area contributed by atoms with Crippen LogP contribution in [-0.2, 0) is 29.8 Å². The van der Waals surface area contributed by atoms with E-state index in [1.54, 1.807) is 21.8 Å². The maximum Gasteiger partial charge on any atom is 0.259 e. The summed E-state index contributed by atoms with van der Waals surface area (Å²) in [5.41, 5.74) is 1.86. The van der Waals surface area contributed by atoms with E-state index in [2.05, 4.69) is 27.4 Å². The van der Waals surface area contributed by atoms with E-state index in [0.717, 1.165) is 59.9 Å². The maximum absolute atomic E-state index is 12.6. The molecular formula is C19H23N5O2S3. The molecule has 0 atom stereocenters. The zero-order valence-corrected chi connectivity index (χ0v) is 18.7. The highest BCUT2D eigenvalue weighted by atomic mass is 32.2. The van der Waals surface area contributed by atoms with Crippen LogP contribution in [0.3, 0.4) is 0 Å². The number of rotatable bonds is 8. The molecule has 0 aliphatic heterocycles. The number of anilines is 1. The topological polar surface area (TPSA) is 89.2 Å². The molecule has 1 aliphatic rings. The molecule has 1 amide bonds. The van der Waals surface area contributed by atoms with Crippen LogP contribution in [0.2, 0.25) is 0 Å². The number of amides is 1. The Morgan fingerprint density at radius 1 is 1.28 bits per heavy atom. The lowest BCUT2D eigenvalue weighted by Gasteiger charge is -2.10. The number of carbonyl (C=O) groups is 1. The minimum absolute atomic E-state index is 0.0112. The lowest BCUT2D eigenvalue weighted by Crippen LogP contribution is -2.18. The molecule has 1 aliphatic carbocycles. The van der Waals surface area contributed by atoms with Gasteiger partial charge in [0.25, 0.3) is 5.56 Å². The van der Waals surface area contributed by atoms with Gasteiger partial charge in [0.2, 0.25) is 11.0 Å². The van der Waals surface area contributed by atoms with Crippen molar-refractivity contribution in [1.82, 2.24) is 19.6 Å². The summed E-state index contributed by atoms with van der Waals surface area (Å²) in [5, 5.41) is 12.4. The van der Waals surface area contributed by atoms with Gasteiger partial charge in [0.15, 0.2) is 4.96 Å². The number of thiazole rings is 1. The Labute approximate surface area is 181 Å². The van der Waals surface area contributed by atoms with Gasteiger partial charge in [0.1, 0.15) is 5.01 Å². The molecule has 0 saturated carbocycles. The van der Waals surface area contributed by atoms with Gasteiger partial charge in [-0.3, -0.25) is 19.3 Å². The predicted octanol–water partition coefficient (Wildman–Crippen LogP) is 3.70. The van der Waals surface area contributed by atoms with Gasteiger partial charge in [-0.05, 0) is 32.1 Å². The minimum Gasteiger partial charge on any atom is -0.300 e. The number of hydrogen-bond donors (Lipinski definition) is 1. The normalized spacial score (nSPS) is 13.6. The number of hydrogen-bond acceptors (Lipinski definition) is 8. The van der Waals surface area contributed by atoms with Crippen molar-refractivity contribution in [3.8, 4) is 0 Å². The fraction of sp³-hybridized carbons (Fsp3) is 0.526. The third kappa shape index (κ3) is 4.87. The molecule has 1 N–H and O–H groups in total. The Bertz CT molecular complexity index is 1070. The first-order valence-electron chi connectivity index (χ1n) is 9.87. The number of nitrogens with one attached hydrogen (secondary N) is 1. The second kappa shape index (κ2) is 9.36. The second-order valence-electron chi connectivity index (χ2n) is 7.03. The summed E-state index contributed by atoms with van der Waals surface area (Å²) in [6.45, 7) is 2.13. The van der Waals surface area contributed by atoms with Crippen LogP contribution in [0.15, 0.2) is 10.9 Å². The van der Waals surface area contributed by atoms with Crippen LogP contribution in [0.25, 0.3) is 4.96 Å². The lowest BCUT2D eigenvalue weighted by atomic mass is 10.0. The van der Waals surface area contributed by atoms with Gasteiger partial charge in [-0.1, -0.05) is 24.7 Å². The monoisotopic (exact) mass is 449 g/mol. The summed E-state index contributed by atoms with van der Waals surface area (Å²) in [6.07, 6.45) is 7.39.